The van der Waals surface area contributed by atoms with Gasteiger partial charge < -0.3 is 0 Å². The van der Waals surface area contributed by atoms with E-state index in [4.69, 9.17) is 0 Å². The molecule has 13 heavy (non-hydrogen) atoms. The van der Waals surface area contributed by atoms with Crippen molar-refractivity contribution in [3.8, 4) is 0 Å². The van der Waals surface area contributed by atoms with Crippen LogP contribution in [-0.4, -0.2) is 4.83 Å². The van der Waals surface area contributed by atoms with Crippen molar-refractivity contribution in [2.24, 2.45) is 0 Å². The SMILES string of the molecule is Br[C@@H]1CCCC[C@H]1[n+]1ccccc1. The van der Waals surface area contributed by atoms with Crippen molar-refractivity contribution in [3.05, 3.63) is 30.6 Å². The molecule has 1 aromatic heterocycles. The lowest BCUT2D eigenvalue weighted by atomic mass is 9.95. The number of aromatic nitrogens is 1. The van der Waals surface area contributed by atoms with E-state index in [0.717, 1.165) is 0 Å². The fourth-order valence-corrected chi connectivity index (χ4v) is 2.90. The van der Waals surface area contributed by atoms with Gasteiger partial charge >= 0.3 is 0 Å². The number of hydrogen-bond donors (Lipinski definition) is 0. The lowest BCUT2D eigenvalue weighted by molar-refractivity contribution is -0.724. The van der Waals surface area contributed by atoms with Crippen LogP contribution in [-0.2, 0) is 0 Å². The molecule has 1 aromatic rings. The van der Waals surface area contributed by atoms with Crippen LogP contribution < -0.4 is 4.57 Å². The Bertz CT molecular complexity index is 260. The van der Waals surface area contributed by atoms with Crippen LogP contribution in [0.25, 0.3) is 0 Å². The highest BCUT2D eigenvalue weighted by Gasteiger charge is 2.29. The van der Waals surface area contributed by atoms with Crippen LogP contribution in [0.4, 0.5) is 0 Å². The average Bonchev–Trinajstić information content (AvgIpc) is 2.20. The lowest BCUT2D eigenvalue weighted by Gasteiger charge is -2.22. The van der Waals surface area contributed by atoms with Crippen LogP contribution in [0.15, 0.2) is 30.6 Å². The van der Waals surface area contributed by atoms with Crippen LogP contribution in [0, 0.1) is 0 Å². The Morgan fingerprint density at radius 3 is 2.38 bits per heavy atom. The number of hydrogen-bond acceptors (Lipinski definition) is 0. The van der Waals surface area contributed by atoms with E-state index < -0.39 is 0 Å². The second-order valence-electron chi connectivity index (χ2n) is 3.69. The third-order valence-electron chi connectivity index (χ3n) is 2.77. The van der Waals surface area contributed by atoms with Gasteiger partial charge in [0.1, 0.15) is 0 Å². The number of alkyl halides is 1. The summed E-state index contributed by atoms with van der Waals surface area (Å²) < 4.78 is 2.33. The summed E-state index contributed by atoms with van der Waals surface area (Å²) in [5.74, 6) is 0. The quantitative estimate of drug-likeness (QED) is 0.525. The molecule has 1 fully saturated rings. The zero-order chi connectivity index (χ0) is 9.10. The first-order valence-electron chi connectivity index (χ1n) is 4.98. The molecule has 2 rings (SSSR count). The second-order valence-corrected chi connectivity index (χ2v) is 4.87. The van der Waals surface area contributed by atoms with Gasteiger partial charge in [0.2, 0.25) is 0 Å². The van der Waals surface area contributed by atoms with Gasteiger partial charge in [0.15, 0.2) is 18.4 Å². The summed E-state index contributed by atoms with van der Waals surface area (Å²) in [6.07, 6.45) is 9.71. The first-order chi connectivity index (χ1) is 6.38. The highest BCUT2D eigenvalue weighted by molar-refractivity contribution is 9.09. The predicted molar refractivity (Wildman–Crippen MR) is 56.9 cm³/mol. The molecule has 1 saturated carbocycles. The van der Waals surface area contributed by atoms with Crippen LogP contribution in [0.1, 0.15) is 31.7 Å². The third-order valence-corrected chi connectivity index (χ3v) is 3.84. The lowest BCUT2D eigenvalue weighted by Crippen LogP contribution is -2.44. The van der Waals surface area contributed by atoms with E-state index in [-0.39, 0.29) is 0 Å². The summed E-state index contributed by atoms with van der Waals surface area (Å²) in [5, 5.41) is 0. The van der Waals surface area contributed by atoms with Gasteiger partial charge in [-0.05, 0) is 12.8 Å². The van der Waals surface area contributed by atoms with E-state index in [9.17, 15) is 0 Å². The smallest absolute Gasteiger partial charge is 0.170 e. The topological polar surface area (TPSA) is 3.88 Å². The van der Waals surface area contributed by atoms with Crippen molar-refractivity contribution in [3.63, 3.8) is 0 Å². The van der Waals surface area contributed by atoms with Gasteiger partial charge in [-0.15, -0.1) is 0 Å². The van der Waals surface area contributed by atoms with Crippen molar-refractivity contribution in [2.75, 3.05) is 0 Å². The molecule has 0 radical (unpaired) electrons. The van der Waals surface area contributed by atoms with Crippen molar-refractivity contribution < 1.29 is 4.57 Å². The van der Waals surface area contributed by atoms with E-state index in [1.807, 2.05) is 0 Å². The van der Waals surface area contributed by atoms with Gasteiger partial charge in [0.05, 0.1) is 4.83 Å². The highest BCUT2D eigenvalue weighted by Crippen LogP contribution is 2.29. The fourth-order valence-electron chi connectivity index (χ4n) is 2.03. The summed E-state index contributed by atoms with van der Waals surface area (Å²) in [4.78, 5) is 0.661. The number of pyridine rings is 1. The van der Waals surface area contributed by atoms with E-state index in [1.165, 1.54) is 25.7 Å². The van der Waals surface area contributed by atoms with Gasteiger partial charge in [-0.3, -0.25) is 0 Å². The van der Waals surface area contributed by atoms with Crippen LogP contribution in [0.5, 0.6) is 0 Å². The standard InChI is InChI=1S/C11H15BrN/c12-10-6-2-3-7-11(10)13-8-4-1-5-9-13/h1,4-5,8-11H,2-3,6-7H2/q+1/t10-,11-/m1/s1. The number of halogens is 1. The summed E-state index contributed by atoms with van der Waals surface area (Å²) in [6, 6.07) is 6.94. The molecule has 2 heteroatoms. The summed E-state index contributed by atoms with van der Waals surface area (Å²) in [7, 11) is 0. The van der Waals surface area contributed by atoms with E-state index >= 15 is 0 Å². The van der Waals surface area contributed by atoms with Crippen molar-refractivity contribution >= 4 is 15.9 Å². The predicted octanol–water partition coefficient (Wildman–Crippen LogP) is 2.85. The molecule has 0 saturated heterocycles. The second kappa shape index (κ2) is 4.23. The van der Waals surface area contributed by atoms with Crippen molar-refractivity contribution in [1.29, 1.82) is 0 Å². The summed E-state index contributed by atoms with van der Waals surface area (Å²) >= 11 is 3.77. The molecule has 1 aliphatic carbocycles. The average molecular weight is 241 g/mol. The molecule has 0 aromatic carbocycles. The number of rotatable bonds is 1. The van der Waals surface area contributed by atoms with Gasteiger partial charge in [0.25, 0.3) is 0 Å². The molecule has 70 valence electrons. The van der Waals surface area contributed by atoms with Crippen molar-refractivity contribution in [1.82, 2.24) is 0 Å². The molecule has 0 amide bonds. The fraction of sp³-hybridized carbons (Fsp3) is 0.545. The van der Waals surface area contributed by atoms with E-state index in [2.05, 4.69) is 51.1 Å². The Labute approximate surface area is 87.9 Å². The van der Waals surface area contributed by atoms with E-state index in [1.54, 1.807) is 0 Å². The molecule has 0 N–H and O–H groups in total. The molecular formula is C11H15BrN+. The maximum atomic E-state index is 3.77. The largest absolute Gasteiger partial charge is 0.201 e. The third kappa shape index (κ3) is 2.11. The first kappa shape index (κ1) is 9.20. The highest BCUT2D eigenvalue weighted by atomic mass is 79.9. The Morgan fingerprint density at radius 1 is 1.00 bits per heavy atom. The van der Waals surface area contributed by atoms with Gasteiger partial charge in [0, 0.05) is 18.6 Å². The Morgan fingerprint density at radius 2 is 1.69 bits per heavy atom. The molecule has 1 heterocycles. The summed E-state index contributed by atoms with van der Waals surface area (Å²) in [6.45, 7) is 0. The maximum absolute atomic E-state index is 3.77. The molecule has 1 nitrogen and oxygen atoms in total. The Kier molecular flexibility index (Phi) is 2.99. The van der Waals surface area contributed by atoms with Gasteiger partial charge in [-0.1, -0.05) is 28.4 Å². The number of nitrogens with zero attached hydrogens (tertiary/aromatic N) is 1. The summed E-state index contributed by atoms with van der Waals surface area (Å²) in [5.41, 5.74) is 0. The van der Waals surface area contributed by atoms with Crippen molar-refractivity contribution in [2.45, 2.75) is 36.6 Å². The zero-order valence-electron chi connectivity index (χ0n) is 7.70. The molecule has 1 aliphatic rings. The normalized spacial score (nSPS) is 28.7. The van der Waals surface area contributed by atoms with Crippen LogP contribution in [0.2, 0.25) is 0 Å². The molecule has 2 atom stereocenters. The minimum atomic E-state index is 0.661. The molecular weight excluding hydrogens is 226 g/mol. The minimum absolute atomic E-state index is 0.661. The molecule has 0 spiro atoms. The van der Waals surface area contributed by atoms with Crippen LogP contribution >= 0.6 is 15.9 Å². The molecule has 0 unspecified atom stereocenters. The Balaban J connectivity index is 2.15. The first-order valence-corrected chi connectivity index (χ1v) is 5.89. The van der Waals surface area contributed by atoms with Gasteiger partial charge in [-0.2, -0.15) is 0 Å². The van der Waals surface area contributed by atoms with E-state index in [0.29, 0.717) is 10.9 Å². The van der Waals surface area contributed by atoms with Gasteiger partial charge in [-0.25, -0.2) is 4.57 Å². The van der Waals surface area contributed by atoms with Crippen LogP contribution in [0.3, 0.4) is 0 Å². The molecule has 0 aliphatic heterocycles. The minimum Gasteiger partial charge on any atom is -0.201 e. The molecule has 0 bridgehead atoms. The zero-order valence-corrected chi connectivity index (χ0v) is 9.28. The Hall–Kier alpha value is -0.370. The monoisotopic (exact) mass is 240 g/mol. The maximum Gasteiger partial charge on any atom is 0.170 e.